The summed E-state index contributed by atoms with van der Waals surface area (Å²) in [6.45, 7) is 10.1. The third-order valence-electron chi connectivity index (χ3n) is 4.05. The Hall–Kier alpha value is -1.81. The van der Waals surface area contributed by atoms with Gasteiger partial charge in [-0.15, -0.1) is 0 Å². The Morgan fingerprint density at radius 2 is 1.71 bits per heavy atom. The van der Waals surface area contributed by atoms with E-state index in [2.05, 4.69) is 53.3 Å². The van der Waals surface area contributed by atoms with Crippen LogP contribution in [-0.4, -0.2) is 12.5 Å². The Labute approximate surface area is 152 Å². The molecule has 0 spiro atoms. The number of benzene rings is 2. The number of hydrogen-bond donors (Lipinski definition) is 1. The highest BCUT2D eigenvalue weighted by Gasteiger charge is 2.12. The Bertz CT molecular complexity index is 732. The van der Waals surface area contributed by atoms with E-state index in [1.165, 1.54) is 11.1 Å². The number of amides is 1. The molecule has 128 valence electrons. The van der Waals surface area contributed by atoms with Crippen LogP contribution in [0.25, 0.3) is 0 Å². The van der Waals surface area contributed by atoms with Crippen molar-refractivity contribution in [2.75, 3.05) is 6.61 Å². The van der Waals surface area contributed by atoms with Gasteiger partial charge >= 0.3 is 0 Å². The number of hydrogen-bond acceptors (Lipinski definition) is 2. The third-order valence-corrected chi connectivity index (χ3v) is 5.30. The van der Waals surface area contributed by atoms with Gasteiger partial charge in [0.25, 0.3) is 5.91 Å². The van der Waals surface area contributed by atoms with Gasteiger partial charge in [0.15, 0.2) is 6.61 Å². The topological polar surface area (TPSA) is 38.3 Å². The normalized spacial score (nSPS) is 11.9. The summed E-state index contributed by atoms with van der Waals surface area (Å²) in [5.41, 5.74) is 5.72. The summed E-state index contributed by atoms with van der Waals surface area (Å²) in [4.78, 5) is 12.2. The summed E-state index contributed by atoms with van der Waals surface area (Å²) >= 11 is 3.53. The number of nitrogens with one attached hydrogen (secondary N) is 1. The molecular formula is C20H24BrNO2. The van der Waals surface area contributed by atoms with Gasteiger partial charge in [-0.2, -0.15) is 0 Å². The fraction of sp³-hybridized carbons (Fsp3) is 0.350. The molecule has 0 saturated heterocycles. The van der Waals surface area contributed by atoms with Crippen molar-refractivity contribution in [3.63, 3.8) is 0 Å². The monoisotopic (exact) mass is 389 g/mol. The predicted molar refractivity (Wildman–Crippen MR) is 102 cm³/mol. The van der Waals surface area contributed by atoms with E-state index in [-0.39, 0.29) is 18.6 Å². The molecule has 24 heavy (non-hydrogen) atoms. The fourth-order valence-corrected chi connectivity index (χ4v) is 3.04. The molecule has 1 N–H and O–H groups in total. The number of carbonyl (C=O) groups excluding carboxylic acids is 1. The maximum Gasteiger partial charge on any atom is 0.258 e. The molecule has 0 bridgehead atoms. The first-order valence-electron chi connectivity index (χ1n) is 8.04. The zero-order valence-electron chi connectivity index (χ0n) is 14.9. The quantitative estimate of drug-likeness (QED) is 0.786. The Balaban J connectivity index is 1.96. The summed E-state index contributed by atoms with van der Waals surface area (Å²) in [5, 5.41) is 2.99. The van der Waals surface area contributed by atoms with Crippen molar-refractivity contribution in [3.8, 4) is 5.75 Å². The van der Waals surface area contributed by atoms with Crippen molar-refractivity contribution in [1.82, 2.24) is 5.32 Å². The van der Waals surface area contributed by atoms with Crippen LogP contribution < -0.4 is 10.1 Å². The molecule has 2 aromatic rings. The van der Waals surface area contributed by atoms with Crippen molar-refractivity contribution in [2.24, 2.45) is 0 Å². The molecule has 0 aliphatic rings. The lowest BCUT2D eigenvalue weighted by atomic mass is 10.0. The smallest absolute Gasteiger partial charge is 0.258 e. The minimum Gasteiger partial charge on any atom is -0.484 e. The Morgan fingerprint density at radius 1 is 1.08 bits per heavy atom. The van der Waals surface area contributed by atoms with Gasteiger partial charge in [0.2, 0.25) is 0 Å². The Morgan fingerprint density at radius 3 is 2.29 bits per heavy atom. The van der Waals surface area contributed by atoms with Crippen LogP contribution in [0, 0.1) is 27.7 Å². The fourth-order valence-electron chi connectivity index (χ4n) is 2.81. The van der Waals surface area contributed by atoms with E-state index in [1.54, 1.807) is 0 Å². The summed E-state index contributed by atoms with van der Waals surface area (Å²) in [6.07, 6.45) is 0. The molecule has 0 aliphatic heterocycles. The highest BCUT2D eigenvalue weighted by atomic mass is 79.9. The van der Waals surface area contributed by atoms with Gasteiger partial charge in [-0.1, -0.05) is 39.7 Å². The van der Waals surface area contributed by atoms with Gasteiger partial charge in [-0.3, -0.25) is 4.79 Å². The molecule has 0 aromatic heterocycles. The molecule has 3 nitrogen and oxygen atoms in total. The van der Waals surface area contributed by atoms with Crippen LogP contribution in [0.5, 0.6) is 5.75 Å². The summed E-state index contributed by atoms with van der Waals surface area (Å²) < 4.78 is 6.71. The number of aryl methyl sites for hydroxylation is 4. The lowest BCUT2D eigenvalue weighted by Gasteiger charge is -2.17. The van der Waals surface area contributed by atoms with Gasteiger partial charge < -0.3 is 10.1 Å². The molecule has 0 heterocycles. The maximum absolute atomic E-state index is 12.2. The highest BCUT2D eigenvalue weighted by Crippen LogP contribution is 2.26. The van der Waals surface area contributed by atoms with E-state index in [9.17, 15) is 4.79 Å². The molecule has 0 saturated carbocycles. The van der Waals surface area contributed by atoms with E-state index in [0.29, 0.717) is 5.75 Å². The van der Waals surface area contributed by atoms with Crippen LogP contribution in [0.2, 0.25) is 0 Å². The minimum atomic E-state index is -0.124. The van der Waals surface area contributed by atoms with Gasteiger partial charge in [0.05, 0.1) is 6.04 Å². The predicted octanol–water partition coefficient (Wildman–Crippen LogP) is 4.94. The summed E-state index contributed by atoms with van der Waals surface area (Å²) in [7, 11) is 0. The van der Waals surface area contributed by atoms with E-state index in [4.69, 9.17) is 4.74 Å². The molecule has 0 radical (unpaired) electrons. The molecule has 4 heteroatoms. The first kappa shape index (κ1) is 18.5. The van der Waals surface area contributed by atoms with Crippen LogP contribution in [0.1, 0.15) is 40.8 Å². The standard InChI is InChI=1S/C20H24BrNO2/c1-12-6-7-18(13(2)8-12)16(5)22-19(23)11-24-17-9-14(3)20(21)15(4)10-17/h6-10,16H,11H2,1-5H3,(H,22,23)/t16-/m0/s1. The maximum atomic E-state index is 12.2. The zero-order chi connectivity index (χ0) is 17.9. The molecule has 1 amide bonds. The van der Waals surface area contributed by atoms with Crippen LogP contribution >= 0.6 is 15.9 Å². The van der Waals surface area contributed by atoms with Crippen LogP contribution in [0.3, 0.4) is 0 Å². The lowest BCUT2D eigenvalue weighted by molar-refractivity contribution is -0.123. The van der Waals surface area contributed by atoms with Crippen molar-refractivity contribution in [1.29, 1.82) is 0 Å². The van der Waals surface area contributed by atoms with E-state index in [1.807, 2.05) is 32.9 Å². The molecule has 0 unspecified atom stereocenters. The summed E-state index contributed by atoms with van der Waals surface area (Å²) in [5.74, 6) is 0.586. The first-order valence-corrected chi connectivity index (χ1v) is 8.83. The second-order valence-electron chi connectivity index (χ2n) is 6.31. The van der Waals surface area contributed by atoms with Crippen LogP contribution in [0.15, 0.2) is 34.8 Å². The SMILES string of the molecule is Cc1ccc([C@H](C)NC(=O)COc2cc(C)c(Br)c(C)c2)c(C)c1. The van der Waals surface area contributed by atoms with E-state index < -0.39 is 0 Å². The van der Waals surface area contributed by atoms with Gasteiger partial charge in [0, 0.05) is 4.47 Å². The second kappa shape index (κ2) is 7.84. The largest absolute Gasteiger partial charge is 0.484 e. The van der Waals surface area contributed by atoms with Crippen LogP contribution in [-0.2, 0) is 4.79 Å². The summed E-state index contributed by atoms with van der Waals surface area (Å²) in [6, 6.07) is 10.1. The van der Waals surface area contributed by atoms with Gasteiger partial charge in [-0.25, -0.2) is 0 Å². The molecule has 2 rings (SSSR count). The molecule has 2 aromatic carbocycles. The highest BCUT2D eigenvalue weighted by molar-refractivity contribution is 9.10. The number of ether oxygens (including phenoxy) is 1. The Kier molecular flexibility index (Phi) is 6.05. The first-order chi connectivity index (χ1) is 11.3. The van der Waals surface area contributed by atoms with E-state index >= 15 is 0 Å². The second-order valence-corrected chi connectivity index (χ2v) is 7.10. The minimum absolute atomic E-state index is 0.00968. The molecule has 0 aliphatic carbocycles. The van der Waals surface area contributed by atoms with Crippen LogP contribution in [0.4, 0.5) is 0 Å². The number of rotatable bonds is 5. The average molecular weight is 390 g/mol. The molecule has 0 fully saturated rings. The van der Waals surface area contributed by atoms with Crippen molar-refractivity contribution in [2.45, 2.75) is 40.7 Å². The lowest BCUT2D eigenvalue weighted by Crippen LogP contribution is -2.31. The third kappa shape index (κ3) is 4.60. The molecular weight excluding hydrogens is 366 g/mol. The van der Waals surface area contributed by atoms with Crippen molar-refractivity contribution < 1.29 is 9.53 Å². The number of carbonyl (C=O) groups is 1. The number of halogens is 1. The van der Waals surface area contributed by atoms with Gasteiger partial charge in [0.1, 0.15) is 5.75 Å². The van der Waals surface area contributed by atoms with Gasteiger partial charge in [-0.05, 0) is 69.0 Å². The van der Waals surface area contributed by atoms with E-state index in [0.717, 1.165) is 21.2 Å². The average Bonchev–Trinajstić information content (AvgIpc) is 2.50. The zero-order valence-corrected chi connectivity index (χ0v) is 16.5. The van der Waals surface area contributed by atoms with Crippen molar-refractivity contribution in [3.05, 3.63) is 62.6 Å². The molecule has 1 atom stereocenters. The van der Waals surface area contributed by atoms with Crippen molar-refractivity contribution >= 4 is 21.8 Å².